The Morgan fingerprint density at radius 2 is 1.04 bits per heavy atom. The Kier molecular flexibility index (Phi) is 35.7. The van der Waals surface area contributed by atoms with Gasteiger partial charge in [0, 0.05) is 19.3 Å². The summed E-state index contributed by atoms with van der Waals surface area (Å²) in [4.78, 5) is 36.8. The van der Waals surface area contributed by atoms with E-state index in [1.807, 2.05) is 36.5 Å². The van der Waals surface area contributed by atoms with E-state index in [9.17, 15) is 19.5 Å². The molecule has 0 bridgehead atoms. The minimum Gasteiger partial charge on any atom is -0.544 e. The summed E-state index contributed by atoms with van der Waals surface area (Å²) in [6, 6.07) is -0.750. The van der Waals surface area contributed by atoms with Gasteiger partial charge in [0.15, 0.2) is 6.10 Å². The molecule has 8 nitrogen and oxygen atoms in total. The molecule has 0 saturated heterocycles. The first-order valence-electron chi connectivity index (χ1n) is 21.1. The van der Waals surface area contributed by atoms with Crippen LogP contribution < -0.4 is 5.11 Å². The minimum absolute atomic E-state index is 0.00487. The van der Waals surface area contributed by atoms with Crippen LogP contribution in [0.1, 0.15) is 117 Å². The van der Waals surface area contributed by atoms with Crippen molar-refractivity contribution in [2.45, 2.75) is 129 Å². The topological polar surface area (TPSA) is 102 Å². The first-order valence-corrected chi connectivity index (χ1v) is 21.1. The van der Waals surface area contributed by atoms with Crippen LogP contribution in [0.5, 0.6) is 0 Å². The number of carboxylic acid groups (broad SMARTS) is 1. The van der Waals surface area contributed by atoms with Crippen molar-refractivity contribution in [1.82, 2.24) is 0 Å². The number of unbranched alkanes of at least 4 members (excludes halogenated alkanes) is 4. The van der Waals surface area contributed by atoms with Crippen LogP contribution in [0.25, 0.3) is 0 Å². The molecule has 0 spiro atoms. The van der Waals surface area contributed by atoms with Crippen LogP contribution in [0.4, 0.5) is 0 Å². The minimum atomic E-state index is -1.15. The van der Waals surface area contributed by atoms with E-state index in [0.29, 0.717) is 12.8 Å². The van der Waals surface area contributed by atoms with Crippen molar-refractivity contribution in [3.05, 3.63) is 122 Å². The molecule has 0 fully saturated rings. The number of ether oxygens (including phenoxy) is 3. The van der Waals surface area contributed by atoms with Gasteiger partial charge in [0.1, 0.15) is 12.6 Å². The van der Waals surface area contributed by atoms with Crippen molar-refractivity contribution in [2.24, 2.45) is 0 Å². The summed E-state index contributed by atoms with van der Waals surface area (Å²) in [5.41, 5.74) is 0. The molecule has 0 aromatic carbocycles. The maximum absolute atomic E-state index is 12.7. The van der Waals surface area contributed by atoms with Crippen molar-refractivity contribution in [2.75, 3.05) is 41.0 Å². The summed E-state index contributed by atoms with van der Waals surface area (Å²) in [7, 11) is 5.35. The number of carboxylic acids is 1. The lowest BCUT2D eigenvalue weighted by atomic mass is 10.1. The van der Waals surface area contributed by atoms with Gasteiger partial charge in [0.05, 0.1) is 40.3 Å². The first-order chi connectivity index (χ1) is 27.6. The van der Waals surface area contributed by atoms with Crippen molar-refractivity contribution in [1.29, 1.82) is 0 Å². The molecule has 0 radical (unpaired) electrons. The third-order valence-corrected chi connectivity index (χ3v) is 8.44. The molecule has 0 saturated carbocycles. The highest BCUT2D eigenvalue weighted by molar-refractivity contribution is 5.70. The van der Waals surface area contributed by atoms with Gasteiger partial charge in [-0.2, -0.15) is 0 Å². The molecular weight excluding hydrogens is 715 g/mol. The fourth-order valence-electron chi connectivity index (χ4n) is 5.21. The van der Waals surface area contributed by atoms with E-state index in [4.69, 9.17) is 14.2 Å². The van der Waals surface area contributed by atoms with Gasteiger partial charge in [-0.05, 0) is 77.0 Å². The fourth-order valence-corrected chi connectivity index (χ4v) is 5.21. The standard InChI is InChI=1S/C49H75NO7/c1-6-8-10-12-14-16-18-20-21-22-23-24-25-26-28-30-32-34-36-38-40-48(52)57-45(43-55-42-41-46(49(53)54)50(3,4)5)44-56-47(51)39-37-35-33-31-29-27-19-17-15-13-11-9-7-2/h8-11,13-17,19-21,23-24,26-29,32,34,45-46H,6-7,12,18,22,25,30-31,33,35-44H2,1-5H3/b10-8+,11-9+,15-13+,16-14+,19-17+,21-20+,24-23+,28-26+,29-27+,34-32+. The number of likely N-dealkylation sites (N-methyl/N-ethyl adjacent to an activating group) is 1. The van der Waals surface area contributed by atoms with Crippen molar-refractivity contribution in [3.63, 3.8) is 0 Å². The zero-order valence-electron chi connectivity index (χ0n) is 35.9. The van der Waals surface area contributed by atoms with Crippen LogP contribution in [-0.2, 0) is 28.6 Å². The largest absolute Gasteiger partial charge is 0.544 e. The van der Waals surface area contributed by atoms with E-state index < -0.39 is 24.1 Å². The summed E-state index contributed by atoms with van der Waals surface area (Å²) in [5.74, 6) is -1.89. The molecule has 8 heteroatoms. The smallest absolute Gasteiger partial charge is 0.306 e. The van der Waals surface area contributed by atoms with Gasteiger partial charge in [-0.1, -0.05) is 142 Å². The molecule has 0 amide bonds. The van der Waals surface area contributed by atoms with E-state index >= 15 is 0 Å². The summed E-state index contributed by atoms with van der Waals surface area (Å²) < 4.78 is 17.0. The lowest BCUT2D eigenvalue weighted by Crippen LogP contribution is -2.55. The summed E-state index contributed by atoms with van der Waals surface area (Å²) in [6.45, 7) is 4.26. The maximum atomic E-state index is 12.7. The molecule has 0 aliphatic carbocycles. The van der Waals surface area contributed by atoms with E-state index in [2.05, 4.69) is 98.9 Å². The van der Waals surface area contributed by atoms with E-state index in [1.165, 1.54) is 0 Å². The van der Waals surface area contributed by atoms with Crippen molar-refractivity contribution < 1.29 is 38.2 Å². The third kappa shape index (κ3) is 37.1. The summed E-state index contributed by atoms with van der Waals surface area (Å²) in [6.07, 6.45) is 53.8. The average Bonchev–Trinajstić information content (AvgIpc) is 3.17. The zero-order valence-corrected chi connectivity index (χ0v) is 35.9. The number of quaternary nitrogens is 1. The Hall–Kier alpha value is -4.27. The van der Waals surface area contributed by atoms with Crippen LogP contribution in [0, 0.1) is 0 Å². The van der Waals surface area contributed by atoms with Crippen LogP contribution in [0.3, 0.4) is 0 Å². The second-order valence-corrected chi connectivity index (χ2v) is 14.6. The first kappa shape index (κ1) is 52.7. The molecule has 0 aromatic rings. The molecule has 2 atom stereocenters. The number of hydrogen-bond acceptors (Lipinski definition) is 7. The van der Waals surface area contributed by atoms with Gasteiger partial charge >= 0.3 is 11.9 Å². The Balaban J connectivity index is 4.56. The Morgan fingerprint density at radius 3 is 1.58 bits per heavy atom. The number of esters is 2. The molecule has 0 N–H and O–H groups in total. The molecule has 0 aromatic heterocycles. The number of aliphatic carboxylic acids is 1. The molecule has 318 valence electrons. The van der Waals surface area contributed by atoms with E-state index in [1.54, 1.807) is 21.1 Å². The van der Waals surface area contributed by atoms with Gasteiger partial charge < -0.3 is 28.6 Å². The highest BCUT2D eigenvalue weighted by atomic mass is 16.6. The number of hydrogen-bond donors (Lipinski definition) is 0. The van der Waals surface area contributed by atoms with Crippen LogP contribution in [-0.4, -0.2) is 75.5 Å². The zero-order chi connectivity index (χ0) is 42.1. The summed E-state index contributed by atoms with van der Waals surface area (Å²) >= 11 is 0. The molecule has 0 heterocycles. The van der Waals surface area contributed by atoms with Gasteiger partial charge in [0.25, 0.3) is 0 Å². The Bertz CT molecular complexity index is 1340. The third-order valence-electron chi connectivity index (χ3n) is 8.44. The number of nitrogens with zero attached hydrogens (tertiary/aromatic N) is 1. The Labute approximate surface area is 346 Å². The summed E-state index contributed by atoms with van der Waals surface area (Å²) in [5, 5.41) is 11.6. The number of allylic oxidation sites excluding steroid dienone is 20. The van der Waals surface area contributed by atoms with Crippen LogP contribution >= 0.6 is 0 Å². The maximum Gasteiger partial charge on any atom is 0.306 e. The highest BCUT2D eigenvalue weighted by Crippen LogP contribution is 2.10. The van der Waals surface area contributed by atoms with Crippen LogP contribution in [0.2, 0.25) is 0 Å². The lowest BCUT2D eigenvalue weighted by molar-refractivity contribution is -0.889. The molecular formula is C49H75NO7. The van der Waals surface area contributed by atoms with Crippen molar-refractivity contribution in [3.8, 4) is 0 Å². The van der Waals surface area contributed by atoms with Gasteiger partial charge in [0.2, 0.25) is 0 Å². The SMILES string of the molecule is CC/C=C/C=C/C=C/C=C/CCCCCC(=O)OCC(COCCC(C(=O)[O-])[N+](C)(C)C)OC(=O)CCC/C=C/C/C=C/C/C=C/C/C=C/C/C=C/C/C=C/CC. The van der Waals surface area contributed by atoms with E-state index in [-0.39, 0.29) is 49.5 Å². The normalized spacial score (nSPS) is 14.2. The molecule has 57 heavy (non-hydrogen) atoms. The lowest BCUT2D eigenvalue weighted by Gasteiger charge is -2.34. The number of carbonyl (C=O) groups is 3. The second-order valence-electron chi connectivity index (χ2n) is 14.6. The highest BCUT2D eigenvalue weighted by Gasteiger charge is 2.25. The predicted molar refractivity (Wildman–Crippen MR) is 235 cm³/mol. The molecule has 2 unspecified atom stereocenters. The van der Waals surface area contributed by atoms with Gasteiger partial charge in [-0.3, -0.25) is 9.59 Å². The molecule has 0 aliphatic rings. The van der Waals surface area contributed by atoms with Gasteiger partial charge in [-0.25, -0.2) is 0 Å². The molecule has 0 aliphatic heterocycles. The van der Waals surface area contributed by atoms with E-state index in [0.717, 1.165) is 70.6 Å². The predicted octanol–water partition coefficient (Wildman–Crippen LogP) is 10.1. The second kappa shape index (κ2) is 38.6. The van der Waals surface area contributed by atoms with Crippen LogP contribution in [0.15, 0.2) is 122 Å². The molecule has 0 rings (SSSR count). The monoisotopic (exact) mass is 790 g/mol. The number of carbonyl (C=O) groups excluding carboxylic acids is 3. The average molecular weight is 790 g/mol. The number of rotatable bonds is 35. The Morgan fingerprint density at radius 1 is 0.544 bits per heavy atom. The quantitative estimate of drug-likeness (QED) is 0.0207. The fraction of sp³-hybridized carbons (Fsp3) is 0.531. The van der Waals surface area contributed by atoms with Gasteiger partial charge in [-0.15, -0.1) is 0 Å². The van der Waals surface area contributed by atoms with Crippen molar-refractivity contribution >= 4 is 17.9 Å².